The lowest BCUT2D eigenvalue weighted by Gasteiger charge is -2.38. The van der Waals surface area contributed by atoms with Crippen LogP contribution in [0.2, 0.25) is 0 Å². The van der Waals surface area contributed by atoms with E-state index in [1.807, 2.05) is 30.3 Å². The minimum Gasteiger partial charge on any atom is -0.335 e. The van der Waals surface area contributed by atoms with Gasteiger partial charge >= 0.3 is 0 Å². The average Bonchev–Trinajstić information content (AvgIpc) is 2.72. The highest BCUT2D eigenvalue weighted by Gasteiger charge is 2.35. The maximum atomic E-state index is 12.9. The van der Waals surface area contributed by atoms with Crippen molar-refractivity contribution >= 4 is 22.7 Å². The molecule has 1 unspecified atom stereocenters. The first-order valence-electron chi connectivity index (χ1n) is 9.17. The molecule has 0 saturated carbocycles. The SMILES string of the molecule is CC1C(=O)N(Cc2ccccc2)CCN1C(=O)c1nc2ccccc2c(=O)[nH]1. The van der Waals surface area contributed by atoms with E-state index in [4.69, 9.17) is 0 Å². The summed E-state index contributed by atoms with van der Waals surface area (Å²) in [4.78, 5) is 48.0. The van der Waals surface area contributed by atoms with Crippen LogP contribution in [0.15, 0.2) is 59.4 Å². The zero-order valence-corrected chi connectivity index (χ0v) is 15.5. The number of hydrogen-bond donors (Lipinski definition) is 1. The first-order valence-corrected chi connectivity index (χ1v) is 9.17. The maximum absolute atomic E-state index is 12.9. The Morgan fingerprint density at radius 1 is 1.07 bits per heavy atom. The third-order valence-electron chi connectivity index (χ3n) is 5.04. The average molecular weight is 376 g/mol. The van der Waals surface area contributed by atoms with Gasteiger partial charge in [0.05, 0.1) is 10.9 Å². The topological polar surface area (TPSA) is 86.4 Å². The van der Waals surface area contributed by atoms with Crippen molar-refractivity contribution in [3.63, 3.8) is 0 Å². The molecule has 0 bridgehead atoms. The van der Waals surface area contributed by atoms with Gasteiger partial charge in [0.25, 0.3) is 11.5 Å². The number of piperazine rings is 1. The quantitative estimate of drug-likeness (QED) is 0.755. The third kappa shape index (κ3) is 3.26. The van der Waals surface area contributed by atoms with E-state index >= 15 is 0 Å². The lowest BCUT2D eigenvalue weighted by Crippen LogP contribution is -2.57. The smallest absolute Gasteiger partial charge is 0.290 e. The van der Waals surface area contributed by atoms with E-state index in [-0.39, 0.29) is 17.3 Å². The first-order chi connectivity index (χ1) is 13.5. The van der Waals surface area contributed by atoms with Crippen LogP contribution in [0.5, 0.6) is 0 Å². The number of hydrogen-bond acceptors (Lipinski definition) is 4. The molecule has 2 aromatic carbocycles. The maximum Gasteiger partial charge on any atom is 0.290 e. The predicted octanol–water partition coefficient (Wildman–Crippen LogP) is 1.80. The number of nitrogens with one attached hydrogen (secondary N) is 1. The van der Waals surface area contributed by atoms with Crippen LogP contribution in [0.3, 0.4) is 0 Å². The normalized spacial score (nSPS) is 17.2. The van der Waals surface area contributed by atoms with Gasteiger partial charge in [0, 0.05) is 19.6 Å². The van der Waals surface area contributed by atoms with Gasteiger partial charge in [-0.1, -0.05) is 42.5 Å². The molecule has 2 heterocycles. The van der Waals surface area contributed by atoms with E-state index in [1.165, 1.54) is 4.90 Å². The van der Waals surface area contributed by atoms with Gasteiger partial charge in [-0.2, -0.15) is 0 Å². The number of carbonyl (C=O) groups is 2. The van der Waals surface area contributed by atoms with Gasteiger partial charge in [-0.25, -0.2) is 4.98 Å². The largest absolute Gasteiger partial charge is 0.335 e. The second kappa shape index (κ2) is 7.26. The summed E-state index contributed by atoms with van der Waals surface area (Å²) >= 11 is 0. The van der Waals surface area contributed by atoms with E-state index in [1.54, 1.807) is 36.1 Å². The summed E-state index contributed by atoms with van der Waals surface area (Å²) in [5.41, 5.74) is 1.13. The summed E-state index contributed by atoms with van der Waals surface area (Å²) < 4.78 is 0. The van der Waals surface area contributed by atoms with Crippen molar-refractivity contribution in [3.05, 3.63) is 76.3 Å². The van der Waals surface area contributed by atoms with Crippen LogP contribution in [0.4, 0.5) is 0 Å². The standard InChI is InChI=1S/C21H20N4O3/c1-14-20(27)24(13-15-7-3-2-4-8-15)11-12-25(14)21(28)18-22-17-10-6-5-9-16(17)19(26)23-18/h2-10,14H,11-13H2,1H3,(H,22,23,26). The number of carbonyl (C=O) groups excluding carboxylic acids is 2. The molecule has 1 atom stereocenters. The number of aromatic amines is 1. The molecule has 7 heteroatoms. The predicted molar refractivity (Wildman–Crippen MR) is 105 cm³/mol. The third-order valence-corrected chi connectivity index (χ3v) is 5.04. The fraction of sp³-hybridized carbons (Fsp3) is 0.238. The van der Waals surface area contributed by atoms with Crippen LogP contribution in [0.1, 0.15) is 23.1 Å². The Balaban J connectivity index is 1.55. The summed E-state index contributed by atoms with van der Waals surface area (Å²) in [5.74, 6) is -0.602. The Labute approximate surface area is 161 Å². The molecular weight excluding hydrogens is 356 g/mol. The number of nitrogens with zero attached hydrogens (tertiary/aromatic N) is 3. The monoisotopic (exact) mass is 376 g/mol. The molecule has 1 aliphatic heterocycles. The van der Waals surface area contributed by atoms with Crippen molar-refractivity contribution in [2.24, 2.45) is 0 Å². The molecule has 0 aliphatic carbocycles. The van der Waals surface area contributed by atoms with E-state index in [0.29, 0.717) is 30.5 Å². The highest BCUT2D eigenvalue weighted by atomic mass is 16.2. The van der Waals surface area contributed by atoms with Crippen LogP contribution >= 0.6 is 0 Å². The van der Waals surface area contributed by atoms with Crippen LogP contribution in [0, 0.1) is 0 Å². The number of aromatic nitrogens is 2. The molecule has 28 heavy (non-hydrogen) atoms. The van der Waals surface area contributed by atoms with Gasteiger partial charge in [-0.05, 0) is 24.6 Å². The number of amides is 2. The molecule has 2 amide bonds. The van der Waals surface area contributed by atoms with Crippen molar-refractivity contribution < 1.29 is 9.59 Å². The van der Waals surface area contributed by atoms with E-state index in [9.17, 15) is 14.4 Å². The van der Waals surface area contributed by atoms with E-state index < -0.39 is 11.9 Å². The number of para-hydroxylation sites is 1. The zero-order valence-electron chi connectivity index (χ0n) is 15.5. The van der Waals surface area contributed by atoms with Gasteiger partial charge in [-0.15, -0.1) is 0 Å². The first kappa shape index (κ1) is 17.9. The Kier molecular flexibility index (Phi) is 4.65. The molecule has 142 valence electrons. The summed E-state index contributed by atoms with van der Waals surface area (Å²) in [6, 6.07) is 16.0. The molecule has 1 fully saturated rings. The Morgan fingerprint density at radius 2 is 1.79 bits per heavy atom. The molecule has 0 radical (unpaired) electrons. The molecule has 1 N–H and O–H groups in total. The summed E-state index contributed by atoms with van der Waals surface area (Å²) in [6.45, 7) is 3.03. The molecule has 3 aromatic rings. The molecule has 1 saturated heterocycles. The van der Waals surface area contributed by atoms with Crippen LogP contribution in [0.25, 0.3) is 10.9 Å². The summed E-state index contributed by atoms with van der Waals surface area (Å²) in [6.07, 6.45) is 0. The van der Waals surface area contributed by atoms with Crippen LogP contribution in [-0.4, -0.2) is 50.7 Å². The molecule has 7 nitrogen and oxygen atoms in total. The van der Waals surface area contributed by atoms with Gasteiger partial charge < -0.3 is 14.8 Å². The van der Waals surface area contributed by atoms with Crippen molar-refractivity contribution in [2.75, 3.05) is 13.1 Å². The fourth-order valence-electron chi connectivity index (χ4n) is 3.49. The second-order valence-corrected chi connectivity index (χ2v) is 6.85. The van der Waals surface area contributed by atoms with E-state index in [0.717, 1.165) is 5.56 Å². The highest BCUT2D eigenvalue weighted by molar-refractivity contribution is 5.96. The van der Waals surface area contributed by atoms with Crippen LogP contribution < -0.4 is 5.56 Å². The minimum atomic E-state index is -0.623. The lowest BCUT2D eigenvalue weighted by atomic mass is 10.1. The van der Waals surface area contributed by atoms with Gasteiger partial charge in [0.15, 0.2) is 5.82 Å². The number of fused-ring (bicyclic) bond motifs is 1. The van der Waals surface area contributed by atoms with Crippen molar-refractivity contribution in [1.29, 1.82) is 0 Å². The summed E-state index contributed by atoms with van der Waals surface area (Å²) in [7, 11) is 0. The highest BCUT2D eigenvalue weighted by Crippen LogP contribution is 2.17. The number of rotatable bonds is 3. The minimum absolute atomic E-state index is 0.0418. The lowest BCUT2D eigenvalue weighted by molar-refractivity contribution is -0.140. The van der Waals surface area contributed by atoms with Crippen molar-refractivity contribution in [2.45, 2.75) is 19.5 Å². The Morgan fingerprint density at radius 3 is 2.57 bits per heavy atom. The van der Waals surface area contributed by atoms with Crippen molar-refractivity contribution in [3.8, 4) is 0 Å². The summed E-state index contributed by atoms with van der Waals surface area (Å²) in [5, 5.41) is 0.427. The molecule has 1 aromatic heterocycles. The van der Waals surface area contributed by atoms with E-state index in [2.05, 4.69) is 9.97 Å². The molecule has 0 spiro atoms. The van der Waals surface area contributed by atoms with Gasteiger partial charge in [0.1, 0.15) is 6.04 Å². The van der Waals surface area contributed by atoms with Crippen molar-refractivity contribution in [1.82, 2.24) is 19.8 Å². The Hall–Kier alpha value is -3.48. The molecule has 4 rings (SSSR count). The zero-order chi connectivity index (χ0) is 19.7. The fourth-order valence-corrected chi connectivity index (χ4v) is 3.49. The van der Waals surface area contributed by atoms with Gasteiger partial charge in [-0.3, -0.25) is 14.4 Å². The molecule has 1 aliphatic rings. The second-order valence-electron chi connectivity index (χ2n) is 6.85. The van der Waals surface area contributed by atoms with Gasteiger partial charge in [0.2, 0.25) is 5.91 Å². The Bertz CT molecular complexity index is 1090. The molecular formula is C21H20N4O3. The number of benzene rings is 2. The van der Waals surface area contributed by atoms with Crippen LogP contribution in [-0.2, 0) is 11.3 Å². The number of H-pyrrole nitrogens is 1.